The smallest absolute Gasteiger partial charge is 0.282 e. The summed E-state index contributed by atoms with van der Waals surface area (Å²) < 4.78 is 26.4. The Morgan fingerprint density at radius 3 is 2.70 bits per heavy atom. The monoisotopic (exact) mass is 413 g/mol. The minimum Gasteiger partial charge on any atom is -0.337 e. The number of H-pyrrole nitrogens is 1. The van der Waals surface area contributed by atoms with E-state index in [1.54, 1.807) is 0 Å². The summed E-state index contributed by atoms with van der Waals surface area (Å²) in [4.78, 5) is 31.0. The van der Waals surface area contributed by atoms with Crippen molar-refractivity contribution in [1.29, 1.82) is 0 Å². The highest BCUT2D eigenvalue weighted by Gasteiger charge is 2.31. The van der Waals surface area contributed by atoms with Crippen LogP contribution in [0.4, 0.5) is 5.69 Å². The number of nitro benzene ring substituents is 1. The number of benzene rings is 1. The van der Waals surface area contributed by atoms with Crippen LogP contribution in [0.2, 0.25) is 5.02 Å². The van der Waals surface area contributed by atoms with Crippen molar-refractivity contribution in [3.8, 4) is 0 Å². The molecular formula is C15H16ClN5O5S. The van der Waals surface area contributed by atoms with Gasteiger partial charge in [-0.25, -0.2) is 13.4 Å². The Balaban J connectivity index is 1.80. The quantitative estimate of drug-likeness (QED) is 0.597. The van der Waals surface area contributed by atoms with Crippen molar-refractivity contribution >= 4 is 33.2 Å². The number of nitrogens with one attached hydrogen (secondary N) is 1. The third kappa shape index (κ3) is 3.94. The third-order valence-corrected chi connectivity index (χ3v) is 6.28. The van der Waals surface area contributed by atoms with Gasteiger partial charge in [0.15, 0.2) is 5.03 Å². The molecule has 1 aliphatic rings. The Morgan fingerprint density at radius 2 is 2.04 bits per heavy atom. The number of carbonyl (C=O) groups excluding carboxylic acids is 1. The van der Waals surface area contributed by atoms with Crippen molar-refractivity contribution < 1.29 is 18.1 Å². The van der Waals surface area contributed by atoms with E-state index in [-0.39, 0.29) is 47.5 Å². The molecule has 0 aliphatic carbocycles. The molecule has 0 bridgehead atoms. The van der Waals surface area contributed by atoms with E-state index in [1.165, 1.54) is 39.9 Å². The molecule has 3 rings (SSSR count). The summed E-state index contributed by atoms with van der Waals surface area (Å²) >= 11 is 5.89. The predicted molar refractivity (Wildman–Crippen MR) is 96.0 cm³/mol. The van der Waals surface area contributed by atoms with Gasteiger partial charge in [0.25, 0.3) is 21.6 Å². The number of imidazole rings is 1. The lowest BCUT2D eigenvalue weighted by Crippen LogP contribution is -2.37. The van der Waals surface area contributed by atoms with E-state index >= 15 is 0 Å². The summed E-state index contributed by atoms with van der Waals surface area (Å²) in [7, 11) is -3.74. The van der Waals surface area contributed by atoms with E-state index in [0.717, 1.165) is 0 Å². The number of sulfonamides is 1. The Hall–Kier alpha value is -2.50. The SMILES string of the molecule is O=C(c1cc(Cl)ccc1[N+](=O)[O-])N1CCCN(S(=O)(=O)c2cnc[nH]2)CC1. The van der Waals surface area contributed by atoms with Gasteiger partial charge in [-0.1, -0.05) is 11.6 Å². The molecule has 12 heteroatoms. The lowest BCUT2D eigenvalue weighted by molar-refractivity contribution is -0.385. The zero-order chi connectivity index (χ0) is 19.6. The van der Waals surface area contributed by atoms with Crippen LogP contribution in [0.1, 0.15) is 16.8 Å². The van der Waals surface area contributed by atoms with E-state index < -0.39 is 20.9 Å². The molecule has 0 atom stereocenters. The molecule has 1 aromatic heterocycles. The summed E-state index contributed by atoms with van der Waals surface area (Å²) in [5.41, 5.74) is -0.451. The number of hydrogen-bond acceptors (Lipinski definition) is 6. The number of nitrogens with zero attached hydrogens (tertiary/aromatic N) is 4. The predicted octanol–water partition coefficient (Wildman–Crippen LogP) is 1.51. The van der Waals surface area contributed by atoms with Gasteiger partial charge in [-0.15, -0.1) is 0 Å². The standard InChI is InChI=1S/C15H16ClN5O5S/c16-11-2-3-13(21(23)24)12(8-11)15(22)19-4-1-5-20(7-6-19)27(25,26)14-9-17-10-18-14/h2-3,8-10H,1,4-7H2,(H,17,18). The molecule has 2 aromatic rings. The molecule has 0 radical (unpaired) electrons. The van der Waals surface area contributed by atoms with Crippen LogP contribution in [-0.2, 0) is 10.0 Å². The minimum atomic E-state index is -3.74. The highest BCUT2D eigenvalue weighted by molar-refractivity contribution is 7.89. The van der Waals surface area contributed by atoms with E-state index in [4.69, 9.17) is 11.6 Å². The number of halogens is 1. The average molecular weight is 414 g/mol. The summed E-state index contributed by atoms with van der Waals surface area (Å²) in [6.07, 6.45) is 2.89. The second-order valence-corrected chi connectivity index (χ2v) is 8.23. The topological polar surface area (TPSA) is 130 Å². The van der Waals surface area contributed by atoms with Gasteiger partial charge in [0, 0.05) is 37.3 Å². The van der Waals surface area contributed by atoms with Crippen molar-refractivity contribution in [2.45, 2.75) is 11.4 Å². The van der Waals surface area contributed by atoms with Gasteiger partial charge in [0.1, 0.15) is 5.56 Å². The number of amides is 1. The maximum absolute atomic E-state index is 12.8. The van der Waals surface area contributed by atoms with Crippen LogP contribution in [0.5, 0.6) is 0 Å². The molecule has 1 amide bonds. The molecule has 0 unspecified atom stereocenters. The van der Waals surface area contributed by atoms with Crippen LogP contribution in [0.25, 0.3) is 0 Å². The van der Waals surface area contributed by atoms with Crippen LogP contribution < -0.4 is 0 Å². The first-order chi connectivity index (χ1) is 12.8. The number of carbonyl (C=O) groups is 1. The van der Waals surface area contributed by atoms with Gasteiger partial charge >= 0.3 is 0 Å². The van der Waals surface area contributed by atoms with E-state index in [9.17, 15) is 23.3 Å². The highest BCUT2D eigenvalue weighted by Crippen LogP contribution is 2.25. The lowest BCUT2D eigenvalue weighted by Gasteiger charge is -2.21. The van der Waals surface area contributed by atoms with Gasteiger partial charge < -0.3 is 9.88 Å². The fraction of sp³-hybridized carbons (Fsp3) is 0.333. The van der Waals surface area contributed by atoms with Crippen molar-refractivity contribution in [3.63, 3.8) is 0 Å². The fourth-order valence-electron chi connectivity index (χ4n) is 2.87. The first kappa shape index (κ1) is 19.3. The summed E-state index contributed by atoms with van der Waals surface area (Å²) in [5.74, 6) is -0.551. The number of aromatic amines is 1. The zero-order valence-electron chi connectivity index (χ0n) is 14.0. The Bertz CT molecular complexity index is 963. The molecular weight excluding hydrogens is 398 g/mol. The Morgan fingerprint density at radius 1 is 1.26 bits per heavy atom. The number of hydrogen-bond donors (Lipinski definition) is 1. The average Bonchev–Trinajstić information content (AvgIpc) is 3.06. The molecule has 1 fully saturated rings. The number of rotatable bonds is 4. The molecule has 1 saturated heterocycles. The van der Waals surface area contributed by atoms with Crippen LogP contribution in [-0.4, -0.2) is 64.6 Å². The largest absolute Gasteiger partial charge is 0.337 e. The normalized spacial score (nSPS) is 16.1. The molecule has 0 spiro atoms. The van der Waals surface area contributed by atoms with Crippen molar-refractivity contribution in [1.82, 2.24) is 19.2 Å². The summed E-state index contributed by atoms with van der Waals surface area (Å²) in [6.45, 7) is 0.678. The minimum absolute atomic E-state index is 0.0206. The molecule has 27 heavy (non-hydrogen) atoms. The van der Waals surface area contributed by atoms with Crippen LogP contribution >= 0.6 is 11.6 Å². The second-order valence-electron chi connectivity index (χ2n) is 5.88. The van der Waals surface area contributed by atoms with E-state index in [1.807, 2.05) is 0 Å². The Labute approximate surface area is 159 Å². The van der Waals surface area contributed by atoms with Crippen molar-refractivity contribution in [2.75, 3.05) is 26.2 Å². The molecule has 1 aliphatic heterocycles. The van der Waals surface area contributed by atoms with Gasteiger partial charge in [0.05, 0.1) is 17.4 Å². The van der Waals surface area contributed by atoms with Gasteiger partial charge in [0.2, 0.25) is 0 Å². The maximum atomic E-state index is 12.8. The van der Waals surface area contributed by atoms with Crippen molar-refractivity contribution in [2.24, 2.45) is 0 Å². The first-order valence-electron chi connectivity index (χ1n) is 8.02. The van der Waals surface area contributed by atoms with Gasteiger partial charge in [-0.05, 0) is 18.6 Å². The lowest BCUT2D eigenvalue weighted by atomic mass is 10.1. The summed E-state index contributed by atoms with van der Waals surface area (Å²) in [5, 5.41) is 11.4. The van der Waals surface area contributed by atoms with Crippen LogP contribution in [0, 0.1) is 10.1 Å². The zero-order valence-corrected chi connectivity index (χ0v) is 15.6. The third-order valence-electron chi connectivity index (χ3n) is 4.22. The molecule has 1 aromatic carbocycles. The molecule has 10 nitrogen and oxygen atoms in total. The number of nitro groups is 1. The highest BCUT2D eigenvalue weighted by atomic mass is 35.5. The maximum Gasteiger partial charge on any atom is 0.282 e. The van der Waals surface area contributed by atoms with Crippen molar-refractivity contribution in [3.05, 3.63) is 51.4 Å². The van der Waals surface area contributed by atoms with Gasteiger partial charge in [-0.2, -0.15) is 4.31 Å². The van der Waals surface area contributed by atoms with E-state index in [0.29, 0.717) is 6.42 Å². The molecule has 1 N–H and O–H groups in total. The van der Waals surface area contributed by atoms with E-state index in [2.05, 4.69) is 9.97 Å². The second kappa shape index (κ2) is 7.62. The molecule has 144 valence electrons. The fourth-order valence-corrected chi connectivity index (χ4v) is 4.41. The summed E-state index contributed by atoms with van der Waals surface area (Å²) in [6, 6.07) is 3.78. The first-order valence-corrected chi connectivity index (χ1v) is 9.84. The molecule has 2 heterocycles. The van der Waals surface area contributed by atoms with Crippen LogP contribution in [0.15, 0.2) is 35.7 Å². The molecule has 0 saturated carbocycles. The van der Waals surface area contributed by atoms with Gasteiger partial charge in [-0.3, -0.25) is 14.9 Å². The number of aromatic nitrogens is 2. The Kier molecular flexibility index (Phi) is 5.44. The van der Waals surface area contributed by atoms with Crippen LogP contribution in [0.3, 0.4) is 0 Å².